The maximum absolute atomic E-state index is 4.13. The Bertz CT molecular complexity index is 536. The number of benzene rings is 1. The van der Waals surface area contributed by atoms with E-state index in [2.05, 4.69) is 77.3 Å². The lowest BCUT2D eigenvalue weighted by Crippen LogP contribution is -2.43. The second kappa shape index (κ2) is 9.67. The first-order valence-electron chi connectivity index (χ1n) is 9.51. The molecule has 0 heteroatoms. The van der Waals surface area contributed by atoms with E-state index in [0.717, 1.165) is 0 Å². The van der Waals surface area contributed by atoms with Crippen LogP contribution in [0.2, 0.25) is 0 Å². The summed E-state index contributed by atoms with van der Waals surface area (Å²) in [5, 5.41) is 0. The molecule has 0 unspecified atom stereocenters. The zero-order chi connectivity index (χ0) is 18.1. The third-order valence-electron chi connectivity index (χ3n) is 5.84. The topological polar surface area (TPSA) is 0 Å². The largest absolute Gasteiger partial charge is 0.0991 e. The van der Waals surface area contributed by atoms with Crippen LogP contribution in [-0.4, -0.2) is 0 Å². The fourth-order valence-corrected chi connectivity index (χ4v) is 3.95. The molecule has 0 aliphatic rings. The summed E-state index contributed by atoms with van der Waals surface area (Å²) in [6.45, 7) is 17.5. The highest BCUT2D eigenvalue weighted by molar-refractivity contribution is 5.38. The van der Waals surface area contributed by atoms with E-state index in [1.807, 2.05) is 12.2 Å². The molecule has 0 saturated heterocycles. The van der Waals surface area contributed by atoms with Gasteiger partial charge < -0.3 is 0 Å². The van der Waals surface area contributed by atoms with Crippen LogP contribution in [0.3, 0.4) is 0 Å². The lowest BCUT2D eigenvalue weighted by atomic mass is 9.54. The van der Waals surface area contributed by atoms with Crippen molar-refractivity contribution < 1.29 is 0 Å². The second-order valence-electron chi connectivity index (χ2n) is 7.30. The molecule has 0 nitrogen and oxygen atoms in total. The Hall–Kier alpha value is -1.56. The highest BCUT2D eigenvalue weighted by Crippen LogP contribution is 2.53. The molecule has 0 spiro atoms. The zero-order valence-corrected chi connectivity index (χ0v) is 16.3. The van der Waals surface area contributed by atoms with Crippen molar-refractivity contribution in [2.45, 2.75) is 71.6 Å². The van der Waals surface area contributed by atoms with Crippen LogP contribution in [0.15, 0.2) is 67.3 Å². The number of hydrogen-bond acceptors (Lipinski definition) is 0. The minimum atomic E-state index is 0.0511. The molecule has 0 aliphatic carbocycles. The van der Waals surface area contributed by atoms with Gasteiger partial charge in [0, 0.05) is 10.8 Å². The summed E-state index contributed by atoms with van der Waals surface area (Å²) in [5.74, 6) is 0. The summed E-state index contributed by atoms with van der Waals surface area (Å²) < 4.78 is 0. The van der Waals surface area contributed by atoms with Gasteiger partial charge in [-0.1, -0.05) is 115 Å². The molecule has 1 aromatic carbocycles. The van der Waals surface area contributed by atoms with E-state index in [1.165, 1.54) is 49.7 Å². The molecule has 1 rings (SSSR count). The van der Waals surface area contributed by atoms with Crippen molar-refractivity contribution in [2.24, 2.45) is 5.41 Å². The van der Waals surface area contributed by atoms with Crippen molar-refractivity contribution in [3.05, 3.63) is 72.9 Å². The van der Waals surface area contributed by atoms with Gasteiger partial charge >= 0.3 is 0 Å². The Morgan fingerprint density at radius 3 is 2.04 bits per heavy atom. The zero-order valence-electron chi connectivity index (χ0n) is 16.3. The summed E-state index contributed by atoms with van der Waals surface area (Å²) in [6, 6.07) is 11.1. The second-order valence-corrected chi connectivity index (χ2v) is 7.30. The smallest absolute Gasteiger partial charge is 0.00189 e. The normalized spacial score (nSPS) is 16.9. The van der Waals surface area contributed by atoms with Gasteiger partial charge in [0.25, 0.3) is 0 Å². The molecule has 0 bridgehead atoms. The minimum absolute atomic E-state index is 0.0511. The Balaban J connectivity index is 3.52. The van der Waals surface area contributed by atoms with Crippen LogP contribution < -0.4 is 0 Å². The van der Waals surface area contributed by atoms with Crippen LogP contribution in [0.4, 0.5) is 0 Å². The van der Waals surface area contributed by atoms with Crippen LogP contribution in [0.1, 0.15) is 71.8 Å². The number of unbranched alkanes of at least 4 members (excludes halogenated alkanes) is 2. The summed E-state index contributed by atoms with van der Waals surface area (Å²) >= 11 is 0. The maximum Gasteiger partial charge on any atom is 0.00189 e. The average Bonchev–Trinajstić information content (AvgIpc) is 2.62. The van der Waals surface area contributed by atoms with Crippen LogP contribution >= 0.6 is 0 Å². The van der Waals surface area contributed by atoms with Gasteiger partial charge in [0.1, 0.15) is 0 Å². The molecule has 0 aliphatic heterocycles. The molecule has 2 atom stereocenters. The van der Waals surface area contributed by atoms with E-state index >= 15 is 0 Å². The van der Waals surface area contributed by atoms with Crippen LogP contribution in [-0.2, 0) is 5.41 Å². The highest BCUT2D eigenvalue weighted by Gasteiger charge is 2.46. The summed E-state index contributed by atoms with van der Waals surface area (Å²) in [7, 11) is 0. The Kier molecular flexibility index (Phi) is 8.25. The molecule has 132 valence electrons. The molecule has 24 heavy (non-hydrogen) atoms. The fraction of sp³-hybridized carbons (Fsp3) is 0.500. The Morgan fingerprint density at radius 2 is 1.54 bits per heavy atom. The third kappa shape index (κ3) is 4.29. The molecular weight excluding hydrogens is 288 g/mol. The first-order chi connectivity index (χ1) is 11.5. The summed E-state index contributed by atoms with van der Waals surface area (Å²) in [5.41, 5.74) is 2.89. The molecule has 0 fully saturated rings. The van der Waals surface area contributed by atoms with Crippen LogP contribution in [0.5, 0.6) is 0 Å². The van der Waals surface area contributed by atoms with Gasteiger partial charge in [-0.25, -0.2) is 0 Å². The SMILES string of the molecule is C=C/C=C(\C=C)[C@@](C)(CCCC)[C@](C)(CCCC)c1ccccc1. The van der Waals surface area contributed by atoms with Gasteiger partial charge in [-0.15, -0.1) is 0 Å². The third-order valence-corrected chi connectivity index (χ3v) is 5.84. The average molecular weight is 325 g/mol. The van der Waals surface area contributed by atoms with Gasteiger partial charge in [0.2, 0.25) is 0 Å². The molecule has 0 heterocycles. The quantitative estimate of drug-likeness (QED) is 0.367. The van der Waals surface area contributed by atoms with Gasteiger partial charge in [0.05, 0.1) is 0 Å². The van der Waals surface area contributed by atoms with E-state index in [0.29, 0.717) is 0 Å². The predicted octanol–water partition coefficient (Wildman–Crippen LogP) is 7.63. The number of allylic oxidation sites excluding steroid dienone is 4. The minimum Gasteiger partial charge on any atom is -0.0991 e. The first-order valence-corrected chi connectivity index (χ1v) is 9.51. The lowest BCUT2D eigenvalue weighted by molar-refractivity contribution is 0.168. The number of hydrogen-bond donors (Lipinski definition) is 0. The van der Waals surface area contributed by atoms with E-state index in [1.54, 1.807) is 0 Å². The fourth-order valence-electron chi connectivity index (χ4n) is 3.95. The van der Waals surface area contributed by atoms with Crippen molar-refractivity contribution in [3.63, 3.8) is 0 Å². The standard InChI is InChI=1S/C24H36/c1-7-11-19-23(5,21(10-4)16-9-3)24(6,20-12-8-2)22-17-14-13-15-18-22/h9-10,13-18H,3-4,7-8,11-12,19-20H2,1-2,5-6H3/b21-16+/t23-,24-/m1/s1. The maximum atomic E-state index is 4.13. The van der Waals surface area contributed by atoms with Crippen molar-refractivity contribution in [3.8, 4) is 0 Å². The van der Waals surface area contributed by atoms with Gasteiger partial charge in [-0.2, -0.15) is 0 Å². The van der Waals surface area contributed by atoms with E-state index in [4.69, 9.17) is 0 Å². The molecule has 0 amide bonds. The predicted molar refractivity (Wildman–Crippen MR) is 109 cm³/mol. The molecular formula is C24H36. The first kappa shape index (κ1) is 20.5. The van der Waals surface area contributed by atoms with E-state index in [9.17, 15) is 0 Å². The Labute approximate surface area is 150 Å². The molecule has 1 aromatic rings. The van der Waals surface area contributed by atoms with E-state index < -0.39 is 0 Å². The Morgan fingerprint density at radius 1 is 0.958 bits per heavy atom. The monoisotopic (exact) mass is 324 g/mol. The molecule has 0 radical (unpaired) electrons. The van der Waals surface area contributed by atoms with Crippen LogP contribution in [0, 0.1) is 5.41 Å². The van der Waals surface area contributed by atoms with E-state index in [-0.39, 0.29) is 10.8 Å². The van der Waals surface area contributed by atoms with Crippen molar-refractivity contribution in [2.75, 3.05) is 0 Å². The van der Waals surface area contributed by atoms with Gasteiger partial charge in [-0.3, -0.25) is 0 Å². The van der Waals surface area contributed by atoms with Crippen molar-refractivity contribution in [1.29, 1.82) is 0 Å². The number of rotatable bonds is 11. The lowest BCUT2D eigenvalue weighted by Gasteiger charge is -2.49. The van der Waals surface area contributed by atoms with Gasteiger partial charge in [-0.05, 0) is 24.0 Å². The van der Waals surface area contributed by atoms with Crippen LogP contribution in [0.25, 0.3) is 0 Å². The molecule has 0 N–H and O–H groups in total. The van der Waals surface area contributed by atoms with Gasteiger partial charge in [0.15, 0.2) is 0 Å². The van der Waals surface area contributed by atoms with Crippen molar-refractivity contribution >= 4 is 0 Å². The highest BCUT2D eigenvalue weighted by atomic mass is 14.5. The molecule has 0 aromatic heterocycles. The summed E-state index contributed by atoms with van der Waals surface area (Å²) in [6.07, 6.45) is 13.4. The molecule has 0 saturated carbocycles. The summed E-state index contributed by atoms with van der Waals surface area (Å²) in [4.78, 5) is 0. The van der Waals surface area contributed by atoms with Crippen molar-refractivity contribution in [1.82, 2.24) is 0 Å².